The lowest BCUT2D eigenvalue weighted by molar-refractivity contribution is 0.0823. The molecule has 1 aliphatic rings. The van der Waals surface area contributed by atoms with Crippen molar-refractivity contribution >= 4 is 16.6 Å². The summed E-state index contributed by atoms with van der Waals surface area (Å²) in [7, 11) is 0. The number of nitrogens with zero attached hydrogens (tertiary/aromatic N) is 4. The summed E-state index contributed by atoms with van der Waals surface area (Å²) in [6, 6.07) is 3.54. The van der Waals surface area contributed by atoms with Crippen LogP contribution in [-0.2, 0) is 0 Å². The highest BCUT2D eigenvalue weighted by Crippen LogP contribution is 2.27. The number of rotatable bonds is 2. The summed E-state index contributed by atoms with van der Waals surface area (Å²) in [5.41, 5.74) is 1.32. The van der Waals surface area contributed by atoms with Gasteiger partial charge in [0.2, 0.25) is 0 Å². The van der Waals surface area contributed by atoms with Gasteiger partial charge in [-0.3, -0.25) is 9.36 Å². The van der Waals surface area contributed by atoms with Gasteiger partial charge < -0.3 is 14.8 Å². The summed E-state index contributed by atoms with van der Waals surface area (Å²) < 4.78 is 32.3. The minimum atomic E-state index is -0.741. The minimum Gasteiger partial charge on any atom is -0.391 e. The fourth-order valence-corrected chi connectivity index (χ4v) is 4.06. The van der Waals surface area contributed by atoms with E-state index in [-0.39, 0.29) is 16.6 Å². The largest absolute Gasteiger partial charge is 0.391 e. The molecule has 154 valence electrons. The van der Waals surface area contributed by atoms with E-state index in [1.165, 1.54) is 23.0 Å². The van der Waals surface area contributed by atoms with Crippen molar-refractivity contribution in [3.63, 3.8) is 0 Å². The minimum absolute atomic E-state index is 0.154. The molecule has 1 saturated heterocycles. The Morgan fingerprint density at radius 2 is 1.97 bits per heavy atom. The van der Waals surface area contributed by atoms with Crippen molar-refractivity contribution in [2.45, 2.75) is 25.5 Å². The van der Waals surface area contributed by atoms with E-state index in [1.54, 1.807) is 29.8 Å². The summed E-state index contributed by atoms with van der Waals surface area (Å²) in [5, 5.41) is 13.2. The number of aromatic nitrogens is 4. The summed E-state index contributed by atoms with van der Waals surface area (Å²) >= 11 is 0. The van der Waals surface area contributed by atoms with Crippen LogP contribution >= 0.6 is 0 Å². The van der Waals surface area contributed by atoms with Crippen molar-refractivity contribution in [2.75, 3.05) is 13.1 Å². The number of hydrogen-bond donors (Lipinski definition) is 2. The number of halogens is 2. The van der Waals surface area contributed by atoms with Gasteiger partial charge in [-0.1, -0.05) is 0 Å². The number of nitrogens with one attached hydrogen (secondary N) is 1. The topological polar surface area (TPSA) is 84.5 Å². The number of imidazole rings is 1. The molecule has 30 heavy (non-hydrogen) atoms. The van der Waals surface area contributed by atoms with Crippen molar-refractivity contribution in [3.8, 4) is 11.1 Å². The molecule has 0 unspecified atom stereocenters. The lowest BCUT2D eigenvalue weighted by Crippen LogP contribution is -2.44. The van der Waals surface area contributed by atoms with Gasteiger partial charge in [-0.05, 0) is 43.7 Å². The highest BCUT2D eigenvalue weighted by Gasteiger charge is 2.26. The van der Waals surface area contributed by atoms with E-state index in [0.29, 0.717) is 36.3 Å². The van der Waals surface area contributed by atoms with Gasteiger partial charge in [0.1, 0.15) is 11.2 Å². The molecule has 4 heterocycles. The summed E-state index contributed by atoms with van der Waals surface area (Å²) in [6.07, 6.45) is 4.46. The number of aliphatic hydroxyl groups is 1. The Bertz CT molecular complexity index is 1350. The fourth-order valence-electron chi connectivity index (χ4n) is 4.06. The molecule has 0 amide bonds. The number of aryl methyl sites for hydroxylation is 1. The van der Waals surface area contributed by atoms with Gasteiger partial charge in [0.05, 0.1) is 29.7 Å². The lowest BCUT2D eigenvalue weighted by Gasteiger charge is -2.29. The molecule has 0 saturated carbocycles. The quantitative estimate of drug-likeness (QED) is 0.528. The molecule has 0 radical (unpaired) electrons. The molecule has 5 rings (SSSR count). The maximum Gasteiger partial charge on any atom is 0.264 e. The van der Waals surface area contributed by atoms with Crippen molar-refractivity contribution in [1.29, 1.82) is 0 Å². The molecule has 4 aromatic rings. The number of pyridine rings is 1. The van der Waals surface area contributed by atoms with Crippen LogP contribution in [0, 0.1) is 18.6 Å². The highest BCUT2D eigenvalue weighted by atomic mass is 19.1. The van der Waals surface area contributed by atoms with Crippen LogP contribution in [-0.4, -0.2) is 43.2 Å². The van der Waals surface area contributed by atoms with Gasteiger partial charge in [-0.15, -0.1) is 0 Å². The van der Waals surface area contributed by atoms with E-state index >= 15 is 4.39 Å². The van der Waals surface area contributed by atoms with Crippen LogP contribution in [0.15, 0.2) is 41.7 Å². The van der Waals surface area contributed by atoms with E-state index in [2.05, 4.69) is 15.3 Å². The first kappa shape index (κ1) is 18.8. The monoisotopic (exact) mass is 411 g/mol. The van der Waals surface area contributed by atoms with Crippen molar-refractivity contribution in [2.24, 2.45) is 0 Å². The molecule has 1 fully saturated rings. The molecule has 1 aromatic carbocycles. The lowest BCUT2D eigenvalue weighted by atomic mass is 10.0. The third-order valence-electron chi connectivity index (χ3n) is 5.57. The normalized spacial score (nSPS) is 19.6. The van der Waals surface area contributed by atoms with E-state index in [4.69, 9.17) is 0 Å². The number of benzene rings is 1. The predicted molar refractivity (Wildman–Crippen MR) is 107 cm³/mol. The summed E-state index contributed by atoms with van der Waals surface area (Å²) in [6.45, 7) is 2.82. The van der Waals surface area contributed by atoms with Gasteiger partial charge in [-0.2, -0.15) is 0 Å². The van der Waals surface area contributed by atoms with Gasteiger partial charge in [0.25, 0.3) is 5.56 Å². The van der Waals surface area contributed by atoms with E-state index in [0.717, 1.165) is 0 Å². The van der Waals surface area contributed by atoms with Gasteiger partial charge in [-0.25, -0.2) is 18.7 Å². The second kappa shape index (κ2) is 6.96. The Kier molecular flexibility index (Phi) is 4.37. The molecular formula is C21H19F2N5O2. The molecule has 0 spiro atoms. The van der Waals surface area contributed by atoms with Crippen LogP contribution in [0.5, 0.6) is 0 Å². The standard InChI is InChI=1S/C21H19F2N5O2/c1-11-8-27-9-13(5-15(23)20(27)26-11)12-4-14(22)19-16(6-12)25-10-28(21(19)30)17-7-24-3-2-18(17)29/h4-6,8-10,17-18,24,29H,2-3,7H2,1H3/t17-,18-/m0/s1. The Morgan fingerprint density at radius 1 is 1.17 bits per heavy atom. The van der Waals surface area contributed by atoms with Crippen LogP contribution in [0.25, 0.3) is 27.7 Å². The van der Waals surface area contributed by atoms with Crippen molar-refractivity contribution in [3.05, 3.63) is 64.6 Å². The van der Waals surface area contributed by atoms with Crippen LogP contribution in [0.2, 0.25) is 0 Å². The fraction of sp³-hybridized carbons (Fsp3) is 0.286. The zero-order valence-electron chi connectivity index (χ0n) is 16.1. The second-order valence-electron chi connectivity index (χ2n) is 7.63. The SMILES string of the molecule is Cc1cn2cc(-c3cc(F)c4c(=O)n([C@H]5CNCC[C@@H]5O)cnc4c3)cc(F)c2n1. The number of piperidine rings is 1. The Hall–Kier alpha value is -3.17. The first-order chi connectivity index (χ1) is 14.4. The van der Waals surface area contributed by atoms with Crippen LogP contribution < -0.4 is 10.9 Å². The molecule has 7 nitrogen and oxygen atoms in total. The molecule has 2 N–H and O–H groups in total. The smallest absolute Gasteiger partial charge is 0.264 e. The number of hydrogen-bond acceptors (Lipinski definition) is 5. The molecule has 1 aliphatic heterocycles. The van der Waals surface area contributed by atoms with Gasteiger partial charge >= 0.3 is 0 Å². The molecule has 0 aliphatic carbocycles. The molecule has 2 atom stereocenters. The molecular weight excluding hydrogens is 392 g/mol. The Labute approximate surface area is 169 Å². The first-order valence-electron chi connectivity index (χ1n) is 9.67. The predicted octanol–water partition coefficient (Wildman–Crippen LogP) is 2.19. The molecule has 9 heteroatoms. The third kappa shape index (κ3) is 2.98. The molecule has 3 aromatic heterocycles. The molecule has 0 bridgehead atoms. The zero-order valence-corrected chi connectivity index (χ0v) is 16.1. The summed E-state index contributed by atoms with van der Waals surface area (Å²) in [5.74, 6) is -1.27. The van der Waals surface area contributed by atoms with Crippen molar-refractivity contribution in [1.82, 2.24) is 24.3 Å². The maximum atomic E-state index is 15.0. The zero-order chi connectivity index (χ0) is 21.0. The van der Waals surface area contributed by atoms with E-state index in [1.807, 2.05) is 0 Å². The number of fused-ring (bicyclic) bond motifs is 2. The second-order valence-corrected chi connectivity index (χ2v) is 7.63. The van der Waals surface area contributed by atoms with E-state index < -0.39 is 29.3 Å². The van der Waals surface area contributed by atoms with Crippen LogP contribution in [0.1, 0.15) is 18.2 Å². The average Bonchev–Trinajstić information content (AvgIpc) is 3.09. The van der Waals surface area contributed by atoms with E-state index in [9.17, 15) is 14.3 Å². The third-order valence-corrected chi connectivity index (χ3v) is 5.57. The van der Waals surface area contributed by atoms with Crippen LogP contribution in [0.4, 0.5) is 8.78 Å². The van der Waals surface area contributed by atoms with Gasteiger partial charge in [0.15, 0.2) is 11.5 Å². The summed E-state index contributed by atoms with van der Waals surface area (Å²) in [4.78, 5) is 21.3. The van der Waals surface area contributed by atoms with Crippen LogP contribution in [0.3, 0.4) is 0 Å². The van der Waals surface area contributed by atoms with Crippen molar-refractivity contribution < 1.29 is 13.9 Å². The first-order valence-corrected chi connectivity index (χ1v) is 9.67. The number of aliphatic hydroxyl groups excluding tert-OH is 1. The Balaban J connectivity index is 1.64. The highest BCUT2D eigenvalue weighted by molar-refractivity contribution is 5.84. The van der Waals surface area contributed by atoms with Gasteiger partial charge in [0, 0.05) is 24.5 Å². The maximum absolute atomic E-state index is 15.0. The average molecular weight is 411 g/mol. The Morgan fingerprint density at radius 3 is 2.77 bits per heavy atom.